The van der Waals surface area contributed by atoms with E-state index in [0.29, 0.717) is 0 Å². The molecule has 0 amide bonds. The Hall–Kier alpha value is 0.452. The van der Waals surface area contributed by atoms with Crippen LogP contribution in [0, 0.1) is 0 Å². The number of hydrogen-bond acceptors (Lipinski definition) is 2. The molecule has 0 N–H and O–H groups in total. The summed E-state index contributed by atoms with van der Waals surface area (Å²) >= 11 is 2.42. The van der Waals surface area contributed by atoms with Gasteiger partial charge >= 0.3 is 0 Å². The van der Waals surface area contributed by atoms with E-state index in [1.807, 2.05) is 5.79 Å². The number of rotatable bonds is 2. The molecular weight excluding hydrogens is 247 g/mol. The van der Waals surface area contributed by atoms with Gasteiger partial charge in [0.05, 0.1) is 0 Å². The van der Waals surface area contributed by atoms with Gasteiger partial charge < -0.3 is 9.80 Å². The Labute approximate surface area is 131 Å². The molecule has 2 aliphatic heterocycles. The Balaban J connectivity index is 0. The summed E-state index contributed by atoms with van der Waals surface area (Å²) in [7, 11) is 0. The predicted molar refractivity (Wildman–Crippen MR) is 90.3 cm³/mol. The maximum Gasteiger partial charge on any atom is 0.112 e. The van der Waals surface area contributed by atoms with Gasteiger partial charge in [0, 0.05) is 0 Å². The highest BCUT2D eigenvalue weighted by Crippen LogP contribution is 2.07. The molecule has 0 aromatic carbocycles. The first-order valence-corrected chi connectivity index (χ1v) is 9.04. The smallest absolute Gasteiger partial charge is 0.112 e. The van der Waals surface area contributed by atoms with E-state index >= 15 is 0 Å². The highest BCUT2D eigenvalue weighted by Gasteiger charge is 2.06. The number of likely N-dealkylation sites (tertiary alicyclic amines) is 2. The Kier molecular flexibility index (Phi) is 18.9. The normalized spacial score (nSPS) is 20.2. The number of nitrogens with zero attached hydrogens (tertiary/aromatic N) is 2. The van der Waals surface area contributed by atoms with Crippen molar-refractivity contribution in [2.24, 2.45) is 0 Å². The standard InChI is InChI=1S/2C7H15N.CH4.CH3.Al/c2*1-2-8-6-4-3-5-7-8;;;/h2*2-7H2,1H3;1H4;1H3;. The second kappa shape index (κ2) is 16.5. The zero-order chi connectivity index (χ0) is 13.6. The van der Waals surface area contributed by atoms with Gasteiger partial charge in [-0.25, -0.2) is 0 Å². The van der Waals surface area contributed by atoms with Gasteiger partial charge in [0.15, 0.2) is 0 Å². The van der Waals surface area contributed by atoms with Gasteiger partial charge in [-0.05, 0) is 65.0 Å². The summed E-state index contributed by atoms with van der Waals surface area (Å²) in [6.07, 6.45) is 8.61. The third-order valence-corrected chi connectivity index (χ3v) is 3.79. The summed E-state index contributed by atoms with van der Waals surface area (Å²) in [5, 5.41) is 0. The molecule has 2 aliphatic rings. The first-order valence-electron chi connectivity index (χ1n) is 7.89. The van der Waals surface area contributed by atoms with Crippen molar-refractivity contribution in [3.63, 3.8) is 0 Å². The summed E-state index contributed by atoms with van der Waals surface area (Å²) in [5.41, 5.74) is 0. The Morgan fingerprint density at radius 1 is 0.632 bits per heavy atom. The molecular formula is C16H37AlN2. The molecule has 2 saturated heterocycles. The van der Waals surface area contributed by atoms with Crippen LogP contribution in [0.15, 0.2) is 0 Å². The average Bonchev–Trinajstić information content (AvgIpc) is 2.51. The van der Waals surface area contributed by atoms with Crippen molar-refractivity contribution in [3.8, 4) is 0 Å². The molecule has 2 rings (SSSR count). The van der Waals surface area contributed by atoms with Crippen LogP contribution in [-0.2, 0) is 0 Å². The van der Waals surface area contributed by atoms with Gasteiger partial charge in [-0.1, -0.05) is 34.1 Å². The molecule has 19 heavy (non-hydrogen) atoms. The molecule has 3 heteroatoms. The fraction of sp³-hybridized carbons (Fsp3) is 1.00. The first-order chi connectivity index (χ1) is 8.86. The van der Waals surface area contributed by atoms with E-state index in [9.17, 15) is 0 Å². The van der Waals surface area contributed by atoms with Gasteiger partial charge in [0.1, 0.15) is 16.3 Å². The van der Waals surface area contributed by atoms with Crippen LogP contribution in [0.3, 0.4) is 0 Å². The molecule has 0 unspecified atom stereocenters. The molecule has 0 aliphatic carbocycles. The van der Waals surface area contributed by atoms with Crippen LogP contribution in [-0.4, -0.2) is 65.4 Å². The predicted octanol–water partition coefficient (Wildman–Crippen LogP) is 3.82. The average molecular weight is 284 g/mol. The van der Waals surface area contributed by atoms with Crippen molar-refractivity contribution in [3.05, 3.63) is 0 Å². The summed E-state index contributed by atoms with van der Waals surface area (Å²) in [6, 6.07) is 0. The molecule has 0 aromatic rings. The Morgan fingerprint density at radius 3 is 1.05 bits per heavy atom. The van der Waals surface area contributed by atoms with Crippen LogP contribution >= 0.6 is 0 Å². The lowest BCUT2D eigenvalue weighted by Gasteiger charge is -2.24. The Bertz CT molecular complexity index is 135. The fourth-order valence-corrected chi connectivity index (χ4v) is 2.55. The lowest BCUT2D eigenvalue weighted by Crippen LogP contribution is -2.29. The maximum atomic E-state index is 2.52. The van der Waals surface area contributed by atoms with Gasteiger partial charge in [-0.2, -0.15) is 0 Å². The highest BCUT2D eigenvalue weighted by atomic mass is 27.0. The lowest BCUT2D eigenvalue weighted by atomic mass is 10.1. The SMILES string of the molecule is C.CCN1CCCCC1.CCN1CCCCC1.[CH3][Al]. The molecule has 0 saturated carbocycles. The third kappa shape index (κ3) is 11.9. The second-order valence-corrected chi connectivity index (χ2v) is 4.99. The fourth-order valence-electron chi connectivity index (χ4n) is 2.55. The molecule has 0 aromatic heterocycles. The topological polar surface area (TPSA) is 6.48 Å². The maximum absolute atomic E-state index is 2.52. The zero-order valence-corrected chi connectivity index (χ0v) is 14.1. The van der Waals surface area contributed by atoms with E-state index in [2.05, 4.69) is 39.9 Å². The van der Waals surface area contributed by atoms with E-state index in [4.69, 9.17) is 0 Å². The minimum absolute atomic E-state index is 0. The quantitative estimate of drug-likeness (QED) is 0.711. The molecule has 2 radical (unpaired) electrons. The van der Waals surface area contributed by atoms with Crippen LogP contribution in [0.2, 0.25) is 5.79 Å². The van der Waals surface area contributed by atoms with E-state index in [1.54, 1.807) is 0 Å². The summed E-state index contributed by atoms with van der Waals surface area (Å²) in [6.45, 7) is 12.4. The van der Waals surface area contributed by atoms with Gasteiger partial charge in [-0.3, -0.25) is 0 Å². The van der Waals surface area contributed by atoms with Crippen molar-refractivity contribution in [1.82, 2.24) is 9.80 Å². The zero-order valence-electron chi connectivity index (χ0n) is 13.0. The molecule has 2 nitrogen and oxygen atoms in total. The van der Waals surface area contributed by atoms with Crippen molar-refractivity contribution >= 4 is 16.3 Å². The van der Waals surface area contributed by atoms with E-state index in [1.165, 1.54) is 77.8 Å². The van der Waals surface area contributed by atoms with Crippen LogP contribution in [0.4, 0.5) is 0 Å². The van der Waals surface area contributed by atoms with Crippen LogP contribution in [0.1, 0.15) is 59.8 Å². The third-order valence-electron chi connectivity index (χ3n) is 3.79. The Morgan fingerprint density at radius 2 is 0.895 bits per heavy atom. The first kappa shape index (κ1) is 21.7. The number of hydrogen-bond donors (Lipinski definition) is 0. The van der Waals surface area contributed by atoms with Crippen molar-refractivity contribution in [2.75, 3.05) is 39.3 Å². The van der Waals surface area contributed by atoms with E-state index in [-0.39, 0.29) is 7.43 Å². The monoisotopic (exact) mass is 284 g/mol. The lowest BCUT2D eigenvalue weighted by molar-refractivity contribution is 0.240. The molecule has 2 fully saturated rings. The summed E-state index contributed by atoms with van der Waals surface area (Å²) in [4.78, 5) is 5.03. The summed E-state index contributed by atoms with van der Waals surface area (Å²) < 4.78 is 0. The minimum Gasteiger partial charge on any atom is -0.304 e. The molecule has 2 heterocycles. The van der Waals surface area contributed by atoms with Crippen LogP contribution in [0.5, 0.6) is 0 Å². The molecule has 114 valence electrons. The van der Waals surface area contributed by atoms with E-state index < -0.39 is 0 Å². The molecule has 0 bridgehead atoms. The molecule has 0 atom stereocenters. The van der Waals surface area contributed by atoms with Crippen LogP contribution < -0.4 is 0 Å². The van der Waals surface area contributed by atoms with Gasteiger partial charge in [0.25, 0.3) is 0 Å². The van der Waals surface area contributed by atoms with Crippen molar-refractivity contribution in [2.45, 2.75) is 65.6 Å². The minimum atomic E-state index is 0. The number of piperidine rings is 2. The second-order valence-electron chi connectivity index (χ2n) is 4.99. The van der Waals surface area contributed by atoms with Crippen molar-refractivity contribution < 1.29 is 0 Å². The largest absolute Gasteiger partial charge is 0.304 e. The summed E-state index contributed by atoms with van der Waals surface area (Å²) in [5.74, 6) is 1.92. The molecule has 0 spiro atoms. The van der Waals surface area contributed by atoms with Crippen molar-refractivity contribution in [1.29, 1.82) is 0 Å². The van der Waals surface area contributed by atoms with Gasteiger partial charge in [-0.15, -0.1) is 5.79 Å². The van der Waals surface area contributed by atoms with Crippen LogP contribution in [0.25, 0.3) is 0 Å². The highest BCUT2D eigenvalue weighted by molar-refractivity contribution is 6.05. The van der Waals surface area contributed by atoms with Gasteiger partial charge in [0.2, 0.25) is 0 Å². The van der Waals surface area contributed by atoms with E-state index in [0.717, 1.165) is 0 Å².